The number of fused-ring (bicyclic) bond motifs is 1. The molecule has 2 heterocycles. The third kappa shape index (κ3) is 4.26. The number of halogens is 1. The van der Waals surface area contributed by atoms with E-state index < -0.39 is 0 Å². The highest BCUT2D eigenvalue weighted by Crippen LogP contribution is 2.27. The van der Waals surface area contributed by atoms with Crippen LogP contribution in [0.3, 0.4) is 0 Å². The second-order valence-corrected chi connectivity index (χ2v) is 7.82. The van der Waals surface area contributed by atoms with Crippen molar-refractivity contribution in [1.82, 2.24) is 9.47 Å². The number of benzene rings is 2. The number of ether oxygens (including phenoxy) is 1. The van der Waals surface area contributed by atoms with Crippen LogP contribution in [-0.2, 0) is 16.1 Å². The molecule has 1 amide bonds. The summed E-state index contributed by atoms with van der Waals surface area (Å²) in [5.74, 6) is 0.0815. The van der Waals surface area contributed by atoms with E-state index in [-0.39, 0.29) is 12.5 Å². The van der Waals surface area contributed by atoms with Gasteiger partial charge in [0.15, 0.2) is 0 Å². The number of carbonyl (C=O) groups excluding carboxylic acids is 1. The molecule has 4 rings (SSSR count). The molecule has 0 unspecified atom stereocenters. The Hall–Kier alpha value is -2.88. The molecule has 1 aliphatic rings. The summed E-state index contributed by atoms with van der Waals surface area (Å²) in [4.78, 5) is 14.6. The summed E-state index contributed by atoms with van der Waals surface area (Å²) in [5.41, 5.74) is 3.35. The first kappa shape index (κ1) is 19.4. The van der Waals surface area contributed by atoms with E-state index in [1.165, 1.54) is 0 Å². The van der Waals surface area contributed by atoms with E-state index in [0.29, 0.717) is 31.9 Å². The van der Waals surface area contributed by atoms with E-state index in [4.69, 9.17) is 4.74 Å². The molecule has 29 heavy (non-hydrogen) atoms. The van der Waals surface area contributed by atoms with E-state index in [0.717, 1.165) is 26.5 Å². The minimum absolute atomic E-state index is 0.0815. The van der Waals surface area contributed by atoms with Crippen molar-refractivity contribution in [3.63, 3.8) is 0 Å². The van der Waals surface area contributed by atoms with Crippen LogP contribution in [-0.4, -0.2) is 41.7 Å². The Morgan fingerprint density at radius 2 is 1.86 bits per heavy atom. The number of hydrogen-bond donors (Lipinski definition) is 0. The molecule has 0 aliphatic carbocycles. The van der Waals surface area contributed by atoms with E-state index >= 15 is 0 Å². The number of morpholine rings is 1. The number of nitriles is 1. The van der Waals surface area contributed by atoms with Crippen LogP contribution in [0, 0.1) is 11.3 Å². The van der Waals surface area contributed by atoms with E-state index in [1.807, 2.05) is 70.3 Å². The van der Waals surface area contributed by atoms with Crippen molar-refractivity contribution in [3.8, 4) is 6.07 Å². The molecular formula is C23H20BrN3O2. The SMILES string of the molecule is N#CC(=Cc1cn(CC(=O)N2CCOCC2)c2ccccc12)c1ccc(Br)cc1. The predicted octanol–water partition coefficient (Wildman–Crippen LogP) is 4.33. The van der Waals surface area contributed by atoms with Crippen molar-refractivity contribution in [3.05, 3.63) is 70.3 Å². The first-order valence-corrected chi connectivity index (χ1v) is 10.3. The first-order valence-electron chi connectivity index (χ1n) is 9.47. The van der Waals surface area contributed by atoms with Crippen LogP contribution in [0.15, 0.2) is 59.2 Å². The maximum atomic E-state index is 12.7. The number of hydrogen-bond acceptors (Lipinski definition) is 3. The van der Waals surface area contributed by atoms with Crippen LogP contribution < -0.4 is 0 Å². The normalized spacial score (nSPS) is 14.8. The molecule has 1 saturated heterocycles. The quantitative estimate of drug-likeness (QED) is 0.557. The van der Waals surface area contributed by atoms with Crippen molar-refractivity contribution in [2.24, 2.45) is 0 Å². The molecule has 0 N–H and O–H groups in total. The number of para-hydroxylation sites is 1. The molecule has 0 radical (unpaired) electrons. The smallest absolute Gasteiger partial charge is 0.242 e. The third-order valence-corrected chi connectivity index (χ3v) is 5.59. The van der Waals surface area contributed by atoms with Gasteiger partial charge in [-0.25, -0.2) is 0 Å². The molecule has 1 aromatic heterocycles. The molecule has 1 aliphatic heterocycles. The molecule has 0 spiro atoms. The molecule has 0 atom stereocenters. The number of amides is 1. The summed E-state index contributed by atoms with van der Waals surface area (Å²) < 4.78 is 8.27. The lowest BCUT2D eigenvalue weighted by atomic mass is 10.0. The Kier molecular flexibility index (Phi) is 5.79. The lowest BCUT2D eigenvalue weighted by Gasteiger charge is -2.27. The summed E-state index contributed by atoms with van der Waals surface area (Å²) >= 11 is 3.43. The Morgan fingerprint density at radius 1 is 1.14 bits per heavy atom. The Bertz CT molecular complexity index is 1100. The lowest BCUT2D eigenvalue weighted by molar-refractivity contribution is -0.135. The number of rotatable bonds is 4. The average molecular weight is 450 g/mol. The predicted molar refractivity (Wildman–Crippen MR) is 117 cm³/mol. The molecule has 146 valence electrons. The van der Waals surface area contributed by atoms with Gasteiger partial charge in [0.1, 0.15) is 6.54 Å². The fourth-order valence-corrected chi connectivity index (χ4v) is 3.81. The van der Waals surface area contributed by atoms with Crippen LogP contribution in [0.25, 0.3) is 22.6 Å². The highest BCUT2D eigenvalue weighted by atomic mass is 79.9. The summed E-state index contributed by atoms with van der Waals surface area (Å²) in [6.45, 7) is 2.71. The molecule has 2 aromatic carbocycles. The van der Waals surface area contributed by atoms with Gasteiger partial charge in [0.05, 0.1) is 24.9 Å². The van der Waals surface area contributed by atoms with Gasteiger partial charge in [-0.15, -0.1) is 0 Å². The number of carbonyl (C=O) groups is 1. The maximum Gasteiger partial charge on any atom is 0.242 e. The van der Waals surface area contributed by atoms with Crippen LogP contribution in [0.1, 0.15) is 11.1 Å². The van der Waals surface area contributed by atoms with E-state index in [2.05, 4.69) is 22.0 Å². The van der Waals surface area contributed by atoms with Crippen molar-refractivity contribution in [1.29, 1.82) is 5.26 Å². The second kappa shape index (κ2) is 8.64. The van der Waals surface area contributed by atoms with Crippen molar-refractivity contribution in [2.75, 3.05) is 26.3 Å². The molecule has 3 aromatic rings. The zero-order valence-corrected chi connectivity index (χ0v) is 17.4. The Morgan fingerprint density at radius 3 is 2.59 bits per heavy atom. The van der Waals surface area contributed by atoms with E-state index in [9.17, 15) is 10.1 Å². The standard InChI is InChI=1S/C23H20BrN3O2/c24-20-7-5-17(6-8-20)18(14-25)13-19-15-27(22-4-2-1-3-21(19)22)16-23(28)26-9-11-29-12-10-26/h1-8,13,15H,9-12,16H2. The fourth-order valence-electron chi connectivity index (χ4n) is 3.54. The average Bonchev–Trinajstić information content (AvgIpc) is 3.10. The third-order valence-electron chi connectivity index (χ3n) is 5.06. The maximum absolute atomic E-state index is 12.7. The molecular weight excluding hydrogens is 430 g/mol. The van der Waals surface area contributed by atoms with Gasteiger partial charge in [-0.05, 0) is 29.8 Å². The summed E-state index contributed by atoms with van der Waals surface area (Å²) in [5, 5.41) is 10.7. The number of aromatic nitrogens is 1. The minimum atomic E-state index is 0.0815. The monoisotopic (exact) mass is 449 g/mol. The van der Waals surface area contributed by atoms with Gasteiger partial charge in [-0.1, -0.05) is 46.3 Å². The van der Waals surface area contributed by atoms with Crippen LogP contribution in [0.2, 0.25) is 0 Å². The highest BCUT2D eigenvalue weighted by Gasteiger charge is 2.18. The molecule has 0 bridgehead atoms. The van der Waals surface area contributed by atoms with Gasteiger partial charge in [-0.2, -0.15) is 5.26 Å². The largest absolute Gasteiger partial charge is 0.378 e. The fraction of sp³-hybridized carbons (Fsp3) is 0.217. The Labute approximate surface area is 177 Å². The van der Waals surface area contributed by atoms with E-state index in [1.54, 1.807) is 0 Å². The summed E-state index contributed by atoms with van der Waals surface area (Å²) in [7, 11) is 0. The van der Waals surface area contributed by atoms with Gasteiger partial charge >= 0.3 is 0 Å². The van der Waals surface area contributed by atoms with Gasteiger partial charge < -0.3 is 14.2 Å². The van der Waals surface area contributed by atoms with Crippen molar-refractivity contribution >= 4 is 44.4 Å². The van der Waals surface area contributed by atoms with Crippen LogP contribution in [0.5, 0.6) is 0 Å². The molecule has 0 saturated carbocycles. The van der Waals surface area contributed by atoms with Crippen LogP contribution in [0.4, 0.5) is 0 Å². The van der Waals surface area contributed by atoms with Crippen LogP contribution >= 0.6 is 15.9 Å². The van der Waals surface area contributed by atoms with Crippen molar-refractivity contribution in [2.45, 2.75) is 6.54 Å². The zero-order valence-electron chi connectivity index (χ0n) is 15.8. The summed E-state index contributed by atoms with van der Waals surface area (Å²) in [6.07, 6.45) is 3.85. The highest BCUT2D eigenvalue weighted by molar-refractivity contribution is 9.10. The van der Waals surface area contributed by atoms with Gasteiger partial charge in [-0.3, -0.25) is 4.79 Å². The minimum Gasteiger partial charge on any atom is -0.378 e. The lowest BCUT2D eigenvalue weighted by Crippen LogP contribution is -2.42. The van der Waals surface area contributed by atoms with Gasteiger partial charge in [0.25, 0.3) is 0 Å². The van der Waals surface area contributed by atoms with Gasteiger partial charge in [0.2, 0.25) is 5.91 Å². The molecule has 5 nitrogen and oxygen atoms in total. The zero-order chi connectivity index (χ0) is 20.2. The number of nitrogens with zero attached hydrogens (tertiary/aromatic N) is 3. The number of allylic oxidation sites excluding steroid dienone is 1. The molecule has 1 fully saturated rings. The topological polar surface area (TPSA) is 58.3 Å². The second-order valence-electron chi connectivity index (χ2n) is 6.90. The Balaban J connectivity index is 1.69. The van der Waals surface area contributed by atoms with Gasteiger partial charge in [0, 0.05) is 40.2 Å². The first-order chi connectivity index (χ1) is 14.2. The van der Waals surface area contributed by atoms with Crippen molar-refractivity contribution < 1.29 is 9.53 Å². The molecule has 6 heteroatoms. The summed E-state index contributed by atoms with van der Waals surface area (Å²) in [6, 6.07) is 17.9.